The van der Waals surface area contributed by atoms with Crippen molar-refractivity contribution in [2.24, 2.45) is 16.3 Å². The Labute approximate surface area is 96.2 Å². The highest BCUT2D eigenvalue weighted by Gasteiger charge is 2.42. The predicted octanol–water partition coefficient (Wildman–Crippen LogP) is 1.45. The minimum absolute atomic E-state index is 0.0663. The zero-order valence-electron chi connectivity index (χ0n) is 9.06. The average molecular weight is 253 g/mol. The molecular formula is C9H14F3N3O2. The number of alkyl halides is 3. The lowest BCUT2D eigenvalue weighted by molar-refractivity contribution is -0.181. The molecule has 0 bridgehead atoms. The lowest BCUT2D eigenvalue weighted by Crippen LogP contribution is -2.34. The summed E-state index contributed by atoms with van der Waals surface area (Å²) in [5.41, 5.74) is 0.231. The molecule has 2 N–H and O–H groups in total. The van der Waals surface area contributed by atoms with Crippen molar-refractivity contribution in [1.29, 1.82) is 0 Å². The highest BCUT2D eigenvalue weighted by Crippen LogP contribution is 2.37. The number of rotatable bonds is 3. The third-order valence-electron chi connectivity index (χ3n) is 2.42. The fourth-order valence-electron chi connectivity index (χ4n) is 1.50. The van der Waals surface area contributed by atoms with Gasteiger partial charge in [0.2, 0.25) is 0 Å². The van der Waals surface area contributed by atoms with E-state index in [-0.39, 0.29) is 31.6 Å². The molecule has 1 atom stereocenters. The topological polar surface area (TPSA) is 68.4 Å². The molecule has 0 aromatic carbocycles. The molecule has 0 spiro atoms. The summed E-state index contributed by atoms with van der Waals surface area (Å²) in [6.07, 6.45) is -6.10. The SMILES string of the molecule is C=C1C[C@@H](C(F)(F)F)CCN1N=NCC(O)O. The van der Waals surface area contributed by atoms with Crippen LogP contribution in [-0.2, 0) is 0 Å². The van der Waals surface area contributed by atoms with Gasteiger partial charge in [0.25, 0.3) is 0 Å². The first-order valence-electron chi connectivity index (χ1n) is 5.06. The van der Waals surface area contributed by atoms with Crippen LogP contribution in [-0.4, -0.2) is 40.8 Å². The van der Waals surface area contributed by atoms with E-state index in [0.717, 1.165) is 0 Å². The van der Waals surface area contributed by atoms with E-state index in [9.17, 15) is 13.2 Å². The van der Waals surface area contributed by atoms with Crippen LogP contribution in [0.25, 0.3) is 0 Å². The minimum atomic E-state index is -4.21. The van der Waals surface area contributed by atoms with E-state index in [2.05, 4.69) is 16.9 Å². The molecule has 8 heteroatoms. The summed E-state index contributed by atoms with van der Waals surface area (Å²) in [6, 6.07) is 0. The van der Waals surface area contributed by atoms with Gasteiger partial charge in [-0.2, -0.15) is 18.3 Å². The number of hydrogen-bond donors (Lipinski definition) is 2. The number of aliphatic hydroxyl groups is 2. The molecule has 0 aromatic rings. The van der Waals surface area contributed by atoms with Crippen molar-refractivity contribution in [3.05, 3.63) is 12.3 Å². The second-order valence-electron chi connectivity index (χ2n) is 3.81. The zero-order chi connectivity index (χ0) is 13.1. The van der Waals surface area contributed by atoms with Gasteiger partial charge in [0.05, 0.1) is 5.92 Å². The number of piperidine rings is 1. The fourth-order valence-corrected chi connectivity index (χ4v) is 1.50. The molecule has 0 aromatic heterocycles. The molecule has 1 saturated heterocycles. The van der Waals surface area contributed by atoms with Crippen LogP contribution in [0.1, 0.15) is 12.8 Å². The first-order valence-corrected chi connectivity index (χ1v) is 5.06. The summed E-state index contributed by atoms with van der Waals surface area (Å²) in [6.45, 7) is 3.27. The smallest absolute Gasteiger partial charge is 0.366 e. The van der Waals surface area contributed by atoms with E-state index in [1.807, 2.05) is 0 Å². The van der Waals surface area contributed by atoms with E-state index in [4.69, 9.17) is 10.2 Å². The number of allylic oxidation sites excluding steroid dienone is 1. The summed E-state index contributed by atoms with van der Waals surface area (Å²) in [7, 11) is 0. The molecule has 98 valence electrons. The molecule has 1 rings (SSSR count). The van der Waals surface area contributed by atoms with Crippen LogP contribution in [0.3, 0.4) is 0 Å². The molecule has 5 nitrogen and oxygen atoms in total. The van der Waals surface area contributed by atoms with Crippen LogP contribution in [0, 0.1) is 5.92 Å². The molecule has 0 unspecified atom stereocenters. The normalized spacial score (nSPS) is 22.8. The quantitative estimate of drug-likeness (QED) is 0.591. The highest BCUT2D eigenvalue weighted by molar-refractivity contribution is 4.99. The Kier molecular flexibility index (Phi) is 4.47. The molecule has 1 heterocycles. The minimum Gasteiger partial charge on any atom is -0.366 e. The maximum absolute atomic E-state index is 12.4. The lowest BCUT2D eigenvalue weighted by Gasteiger charge is -2.31. The largest absolute Gasteiger partial charge is 0.392 e. The first-order chi connectivity index (χ1) is 7.80. The van der Waals surface area contributed by atoms with Gasteiger partial charge in [-0.3, -0.25) is 5.01 Å². The molecule has 0 radical (unpaired) electrons. The van der Waals surface area contributed by atoms with Gasteiger partial charge in [-0.25, -0.2) is 0 Å². The Morgan fingerprint density at radius 1 is 1.47 bits per heavy atom. The Bertz CT molecular complexity index is 304. The van der Waals surface area contributed by atoms with E-state index >= 15 is 0 Å². The number of nitrogens with zero attached hydrogens (tertiary/aromatic N) is 3. The van der Waals surface area contributed by atoms with Crippen LogP contribution in [0.5, 0.6) is 0 Å². The van der Waals surface area contributed by atoms with Crippen LogP contribution in [0.4, 0.5) is 13.2 Å². The third kappa shape index (κ3) is 4.31. The van der Waals surface area contributed by atoms with Crippen molar-refractivity contribution in [2.45, 2.75) is 25.3 Å². The van der Waals surface area contributed by atoms with Gasteiger partial charge in [0.15, 0.2) is 6.29 Å². The maximum atomic E-state index is 12.4. The number of hydrogen-bond acceptors (Lipinski definition) is 4. The van der Waals surface area contributed by atoms with Crippen molar-refractivity contribution in [1.82, 2.24) is 5.01 Å². The van der Waals surface area contributed by atoms with Crippen LogP contribution >= 0.6 is 0 Å². The molecule has 0 saturated carbocycles. The zero-order valence-corrected chi connectivity index (χ0v) is 9.06. The molecule has 1 aliphatic heterocycles. The van der Waals surface area contributed by atoms with Crippen molar-refractivity contribution in [3.8, 4) is 0 Å². The molecule has 1 fully saturated rings. The molecule has 0 amide bonds. The van der Waals surface area contributed by atoms with Crippen molar-refractivity contribution < 1.29 is 23.4 Å². The fraction of sp³-hybridized carbons (Fsp3) is 0.778. The monoisotopic (exact) mass is 253 g/mol. The van der Waals surface area contributed by atoms with Gasteiger partial charge in [-0.1, -0.05) is 11.8 Å². The molecule has 17 heavy (non-hydrogen) atoms. The van der Waals surface area contributed by atoms with E-state index in [0.29, 0.717) is 0 Å². The van der Waals surface area contributed by atoms with Gasteiger partial charge in [0, 0.05) is 18.7 Å². The van der Waals surface area contributed by atoms with Gasteiger partial charge in [0.1, 0.15) is 6.54 Å². The van der Waals surface area contributed by atoms with E-state index < -0.39 is 18.4 Å². The summed E-state index contributed by atoms with van der Waals surface area (Å²) >= 11 is 0. The first kappa shape index (κ1) is 13.9. The van der Waals surface area contributed by atoms with Crippen molar-refractivity contribution >= 4 is 0 Å². The Balaban J connectivity index is 2.49. The second kappa shape index (κ2) is 5.46. The van der Waals surface area contributed by atoms with Crippen LogP contribution < -0.4 is 0 Å². The molecule has 1 aliphatic rings. The van der Waals surface area contributed by atoms with E-state index in [1.54, 1.807) is 0 Å². The van der Waals surface area contributed by atoms with Gasteiger partial charge in [-0.05, 0) is 6.42 Å². The second-order valence-corrected chi connectivity index (χ2v) is 3.81. The summed E-state index contributed by atoms with van der Waals surface area (Å²) in [4.78, 5) is 0. The summed E-state index contributed by atoms with van der Waals surface area (Å²) in [5.74, 6) is -1.38. The summed E-state index contributed by atoms with van der Waals surface area (Å²) < 4.78 is 37.3. The number of halogens is 3. The van der Waals surface area contributed by atoms with Crippen molar-refractivity contribution in [3.63, 3.8) is 0 Å². The third-order valence-corrected chi connectivity index (χ3v) is 2.42. The predicted molar refractivity (Wildman–Crippen MR) is 52.6 cm³/mol. The van der Waals surface area contributed by atoms with Gasteiger partial charge in [-0.15, -0.1) is 0 Å². The van der Waals surface area contributed by atoms with Crippen LogP contribution in [0.2, 0.25) is 0 Å². The average Bonchev–Trinajstić information content (AvgIpc) is 2.18. The van der Waals surface area contributed by atoms with Gasteiger partial charge >= 0.3 is 6.18 Å². The van der Waals surface area contributed by atoms with Gasteiger partial charge < -0.3 is 10.2 Å². The van der Waals surface area contributed by atoms with Crippen LogP contribution in [0.15, 0.2) is 22.6 Å². The molecule has 0 aliphatic carbocycles. The Morgan fingerprint density at radius 2 is 2.12 bits per heavy atom. The standard InChI is InChI=1S/C9H14F3N3O2/c1-6-4-7(9(10,11)12)2-3-15(6)14-13-5-8(16)17/h7-8,16-17H,1-5H2/t7-/m0/s1. The summed E-state index contributed by atoms with van der Waals surface area (Å²) in [5, 5.41) is 25.3. The molecular weight excluding hydrogens is 239 g/mol. The highest BCUT2D eigenvalue weighted by atomic mass is 19.4. The Hall–Kier alpha value is -1.15. The number of aliphatic hydroxyl groups excluding tert-OH is 1. The van der Waals surface area contributed by atoms with Crippen molar-refractivity contribution in [2.75, 3.05) is 13.1 Å². The maximum Gasteiger partial charge on any atom is 0.392 e. The van der Waals surface area contributed by atoms with E-state index in [1.165, 1.54) is 5.01 Å². The lowest BCUT2D eigenvalue weighted by atomic mass is 9.95. The Morgan fingerprint density at radius 3 is 2.59 bits per heavy atom.